The first-order valence-corrected chi connectivity index (χ1v) is 8.73. The van der Waals surface area contributed by atoms with Crippen LogP contribution in [0.4, 0.5) is 5.95 Å². The summed E-state index contributed by atoms with van der Waals surface area (Å²) >= 11 is 0. The molecule has 1 aliphatic heterocycles. The molecule has 2 heterocycles. The molecule has 1 aliphatic rings. The summed E-state index contributed by atoms with van der Waals surface area (Å²) in [5.74, 6) is 0.551. The Balaban J connectivity index is 1.50. The minimum absolute atomic E-state index is 0.0180. The molecule has 1 saturated heterocycles. The standard InChI is InChI=1S/C19H24N4O/c24-18(23-14-5-2-6-15-23)17-11-13-21-19(22-17)20-12-7-10-16-8-3-1-4-9-16/h1,3-4,8-9,11,13H,2,5-7,10,12,14-15H2,(H,20,21,22). The topological polar surface area (TPSA) is 58.1 Å². The van der Waals surface area contributed by atoms with Gasteiger partial charge in [-0.25, -0.2) is 9.97 Å². The SMILES string of the molecule is O=C(c1ccnc(NCCCc2ccccc2)n1)N1CCCCC1. The first kappa shape index (κ1) is 16.4. The lowest BCUT2D eigenvalue weighted by atomic mass is 10.1. The minimum Gasteiger partial charge on any atom is -0.354 e. The van der Waals surface area contributed by atoms with Crippen molar-refractivity contribution in [2.75, 3.05) is 25.0 Å². The van der Waals surface area contributed by atoms with E-state index in [1.807, 2.05) is 11.0 Å². The van der Waals surface area contributed by atoms with E-state index in [4.69, 9.17) is 0 Å². The predicted molar refractivity (Wildman–Crippen MR) is 95.0 cm³/mol. The van der Waals surface area contributed by atoms with Crippen LogP contribution >= 0.6 is 0 Å². The first-order chi connectivity index (χ1) is 11.8. The van der Waals surface area contributed by atoms with Crippen LogP contribution in [0, 0.1) is 0 Å². The zero-order chi connectivity index (χ0) is 16.6. The van der Waals surface area contributed by atoms with Crippen molar-refractivity contribution in [3.63, 3.8) is 0 Å². The van der Waals surface area contributed by atoms with Gasteiger partial charge < -0.3 is 10.2 Å². The van der Waals surface area contributed by atoms with Crippen molar-refractivity contribution in [2.45, 2.75) is 32.1 Å². The van der Waals surface area contributed by atoms with Crippen molar-refractivity contribution in [3.8, 4) is 0 Å². The smallest absolute Gasteiger partial charge is 0.272 e. The maximum Gasteiger partial charge on any atom is 0.272 e. The van der Waals surface area contributed by atoms with E-state index in [2.05, 4.69) is 39.6 Å². The van der Waals surface area contributed by atoms with E-state index in [1.165, 1.54) is 12.0 Å². The van der Waals surface area contributed by atoms with Crippen molar-refractivity contribution in [2.24, 2.45) is 0 Å². The second kappa shape index (κ2) is 8.43. The van der Waals surface area contributed by atoms with Crippen LogP contribution in [0.3, 0.4) is 0 Å². The highest BCUT2D eigenvalue weighted by molar-refractivity contribution is 5.92. The number of aryl methyl sites for hydroxylation is 1. The summed E-state index contributed by atoms with van der Waals surface area (Å²) in [6.07, 6.45) is 7.05. The lowest BCUT2D eigenvalue weighted by Gasteiger charge is -2.26. The average molecular weight is 324 g/mol. The number of piperidine rings is 1. The Hall–Kier alpha value is -2.43. The second-order valence-corrected chi connectivity index (χ2v) is 6.13. The molecule has 0 spiro atoms. The van der Waals surface area contributed by atoms with E-state index in [0.717, 1.165) is 45.3 Å². The van der Waals surface area contributed by atoms with E-state index >= 15 is 0 Å². The summed E-state index contributed by atoms with van der Waals surface area (Å²) in [6, 6.07) is 12.1. The highest BCUT2D eigenvalue weighted by atomic mass is 16.2. The fourth-order valence-electron chi connectivity index (χ4n) is 2.96. The maximum atomic E-state index is 12.5. The van der Waals surface area contributed by atoms with Crippen LogP contribution in [0.25, 0.3) is 0 Å². The zero-order valence-corrected chi connectivity index (χ0v) is 13.9. The third kappa shape index (κ3) is 4.54. The Kier molecular flexibility index (Phi) is 5.77. The highest BCUT2D eigenvalue weighted by Gasteiger charge is 2.19. The Morgan fingerprint density at radius 1 is 1.08 bits per heavy atom. The molecule has 5 heteroatoms. The van der Waals surface area contributed by atoms with Gasteiger partial charge in [0.1, 0.15) is 5.69 Å². The molecule has 1 aromatic carbocycles. The summed E-state index contributed by atoms with van der Waals surface area (Å²) < 4.78 is 0. The number of anilines is 1. The molecule has 0 aliphatic carbocycles. The summed E-state index contributed by atoms with van der Waals surface area (Å²) in [4.78, 5) is 23.0. The number of amides is 1. The number of rotatable bonds is 6. The number of carbonyl (C=O) groups is 1. The molecule has 0 unspecified atom stereocenters. The zero-order valence-electron chi connectivity index (χ0n) is 13.9. The summed E-state index contributed by atoms with van der Waals surface area (Å²) in [6.45, 7) is 2.46. The molecule has 0 saturated carbocycles. The number of nitrogens with one attached hydrogen (secondary N) is 1. The van der Waals surface area contributed by atoms with E-state index in [0.29, 0.717) is 11.6 Å². The molecule has 0 atom stereocenters. The second-order valence-electron chi connectivity index (χ2n) is 6.13. The van der Waals surface area contributed by atoms with Crippen LogP contribution < -0.4 is 5.32 Å². The van der Waals surface area contributed by atoms with Gasteiger partial charge in [0.25, 0.3) is 5.91 Å². The summed E-state index contributed by atoms with van der Waals surface area (Å²) in [5, 5.41) is 3.22. The molecule has 24 heavy (non-hydrogen) atoms. The lowest BCUT2D eigenvalue weighted by molar-refractivity contribution is 0.0718. The van der Waals surface area contributed by atoms with Gasteiger partial charge in [-0.3, -0.25) is 4.79 Å². The lowest BCUT2D eigenvalue weighted by Crippen LogP contribution is -2.36. The van der Waals surface area contributed by atoms with Crippen LogP contribution in [-0.2, 0) is 6.42 Å². The van der Waals surface area contributed by atoms with Crippen LogP contribution in [0.5, 0.6) is 0 Å². The van der Waals surface area contributed by atoms with Gasteiger partial charge in [-0.15, -0.1) is 0 Å². The van der Waals surface area contributed by atoms with Crippen molar-refractivity contribution in [1.82, 2.24) is 14.9 Å². The Labute approximate surface area is 143 Å². The van der Waals surface area contributed by atoms with Gasteiger partial charge >= 0.3 is 0 Å². The van der Waals surface area contributed by atoms with Gasteiger partial charge in [-0.1, -0.05) is 30.3 Å². The van der Waals surface area contributed by atoms with Gasteiger partial charge in [-0.05, 0) is 43.7 Å². The van der Waals surface area contributed by atoms with Gasteiger partial charge in [0.05, 0.1) is 0 Å². The molecule has 126 valence electrons. The Bertz CT molecular complexity index is 653. The molecule has 3 rings (SSSR count). The number of nitrogens with zero attached hydrogens (tertiary/aromatic N) is 3. The van der Waals surface area contributed by atoms with Crippen LogP contribution in [0.15, 0.2) is 42.6 Å². The maximum absolute atomic E-state index is 12.5. The highest BCUT2D eigenvalue weighted by Crippen LogP contribution is 2.12. The fraction of sp³-hybridized carbons (Fsp3) is 0.421. The van der Waals surface area contributed by atoms with Gasteiger partial charge in [-0.2, -0.15) is 0 Å². The monoisotopic (exact) mass is 324 g/mol. The van der Waals surface area contributed by atoms with E-state index in [9.17, 15) is 4.79 Å². The van der Waals surface area contributed by atoms with E-state index in [1.54, 1.807) is 12.3 Å². The predicted octanol–water partition coefficient (Wildman–Crippen LogP) is 3.15. The van der Waals surface area contributed by atoms with Crippen molar-refractivity contribution in [3.05, 3.63) is 53.9 Å². The van der Waals surface area contributed by atoms with Crippen LogP contribution in [0.2, 0.25) is 0 Å². The quantitative estimate of drug-likeness (QED) is 0.829. The molecule has 0 bridgehead atoms. The molecule has 2 aromatic rings. The molecular formula is C19H24N4O. The minimum atomic E-state index is 0.0180. The molecular weight excluding hydrogens is 300 g/mol. The number of likely N-dealkylation sites (tertiary alicyclic amines) is 1. The molecule has 0 radical (unpaired) electrons. The summed E-state index contributed by atoms with van der Waals surface area (Å²) in [7, 11) is 0. The summed E-state index contributed by atoms with van der Waals surface area (Å²) in [5.41, 5.74) is 1.81. The van der Waals surface area contributed by atoms with Crippen LogP contribution in [0.1, 0.15) is 41.7 Å². The largest absolute Gasteiger partial charge is 0.354 e. The van der Waals surface area contributed by atoms with Gasteiger partial charge in [0.15, 0.2) is 0 Å². The van der Waals surface area contributed by atoms with E-state index < -0.39 is 0 Å². The molecule has 1 fully saturated rings. The Morgan fingerprint density at radius 2 is 1.88 bits per heavy atom. The number of benzene rings is 1. The van der Waals surface area contributed by atoms with Gasteiger partial charge in [0, 0.05) is 25.8 Å². The van der Waals surface area contributed by atoms with Crippen molar-refractivity contribution >= 4 is 11.9 Å². The van der Waals surface area contributed by atoms with Crippen LogP contribution in [-0.4, -0.2) is 40.4 Å². The first-order valence-electron chi connectivity index (χ1n) is 8.73. The molecule has 1 amide bonds. The number of carbonyl (C=O) groups excluding carboxylic acids is 1. The van der Waals surface area contributed by atoms with Crippen molar-refractivity contribution < 1.29 is 4.79 Å². The number of hydrogen-bond donors (Lipinski definition) is 1. The van der Waals surface area contributed by atoms with Crippen molar-refractivity contribution in [1.29, 1.82) is 0 Å². The Morgan fingerprint density at radius 3 is 2.67 bits per heavy atom. The third-order valence-electron chi connectivity index (χ3n) is 4.29. The molecule has 1 N–H and O–H groups in total. The molecule has 1 aromatic heterocycles. The third-order valence-corrected chi connectivity index (χ3v) is 4.29. The van der Waals surface area contributed by atoms with Gasteiger partial charge in [0.2, 0.25) is 5.95 Å². The normalized spacial score (nSPS) is 14.4. The number of aromatic nitrogens is 2. The number of hydrogen-bond acceptors (Lipinski definition) is 4. The molecule has 5 nitrogen and oxygen atoms in total. The average Bonchev–Trinajstić information content (AvgIpc) is 2.66. The fourth-order valence-corrected chi connectivity index (χ4v) is 2.96. The van der Waals surface area contributed by atoms with E-state index in [-0.39, 0.29) is 5.91 Å².